The third kappa shape index (κ3) is 5.52. The van der Waals surface area contributed by atoms with Gasteiger partial charge in [-0.15, -0.1) is 0 Å². The number of likely N-dealkylation sites (tertiary alicyclic amines) is 1. The van der Waals surface area contributed by atoms with Crippen molar-refractivity contribution in [3.8, 4) is 0 Å². The monoisotopic (exact) mass is 319 g/mol. The van der Waals surface area contributed by atoms with Gasteiger partial charge in [-0.05, 0) is 30.9 Å². The molecule has 5 heteroatoms. The van der Waals surface area contributed by atoms with Crippen molar-refractivity contribution in [3.05, 3.63) is 35.4 Å². The number of nitrogens with zero attached hydrogens (tertiary/aromatic N) is 2. The van der Waals surface area contributed by atoms with E-state index >= 15 is 0 Å². The maximum absolute atomic E-state index is 9.73. The van der Waals surface area contributed by atoms with Crippen LogP contribution in [-0.4, -0.2) is 48.3 Å². The van der Waals surface area contributed by atoms with E-state index in [-0.39, 0.29) is 6.10 Å². The molecule has 1 aromatic rings. The van der Waals surface area contributed by atoms with E-state index in [0.29, 0.717) is 19.7 Å². The Balaban J connectivity index is 2.03. The maximum Gasteiger partial charge on any atom is 0.194 e. The van der Waals surface area contributed by atoms with Crippen LogP contribution >= 0.6 is 0 Å². The molecule has 1 atom stereocenters. The third-order valence-electron chi connectivity index (χ3n) is 3.92. The highest BCUT2D eigenvalue weighted by Gasteiger charge is 2.22. The van der Waals surface area contributed by atoms with Gasteiger partial charge in [0, 0.05) is 26.2 Å². The van der Waals surface area contributed by atoms with E-state index in [1.165, 1.54) is 11.1 Å². The van der Waals surface area contributed by atoms with Gasteiger partial charge >= 0.3 is 0 Å². The molecule has 5 nitrogen and oxygen atoms in total. The summed E-state index contributed by atoms with van der Waals surface area (Å²) < 4.78 is 5.67. The molecule has 0 bridgehead atoms. The lowest BCUT2D eigenvalue weighted by atomic mass is 10.1. The van der Waals surface area contributed by atoms with Crippen LogP contribution in [0.4, 0.5) is 0 Å². The zero-order valence-corrected chi connectivity index (χ0v) is 14.3. The van der Waals surface area contributed by atoms with Gasteiger partial charge < -0.3 is 20.1 Å². The van der Waals surface area contributed by atoms with Crippen LogP contribution < -0.4 is 5.32 Å². The van der Waals surface area contributed by atoms with Crippen LogP contribution in [0, 0.1) is 0 Å². The first-order valence-corrected chi connectivity index (χ1v) is 8.60. The Kier molecular flexibility index (Phi) is 7.36. The average molecular weight is 319 g/mol. The molecule has 1 aliphatic rings. The van der Waals surface area contributed by atoms with Gasteiger partial charge in [0.1, 0.15) is 0 Å². The fraction of sp³-hybridized carbons (Fsp3) is 0.611. The smallest absolute Gasteiger partial charge is 0.194 e. The normalized spacial score (nSPS) is 18.5. The van der Waals surface area contributed by atoms with Crippen LogP contribution in [0.1, 0.15) is 37.8 Å². The number of benzene rings is 1. The Bertz CT molecular complexity index is 505. The van der Waals surface area contributed by atoms with E-state index in [1.54, 1.807) is 0 Å². The molecule has 1 fully saturated rings. The van der Waals surface area contributed by atoms with E-state index in [0.717, 1.165) is 38.5 Å². The van der Waals surface area contributed by atoms with Gasteiger partial charge in [-0.25, -0.2) is 4.99 Å². The van der Waals surface area contributed by atoms with Gasteiger partial charge in [0.15, 0.2) is 5.96 Å². The number of β-amino-alcohol motifs (C(OH)–C–C–N with tert-alkyl or cyclic N) is 1. The number of guanidine groups is 1. The van der Waals surface area contributed by atoms with E-state index in [9.17, 15) is 5.11 Å². The predicted octanol–water partition coefficient (Wildman–Crippen LogP) is 2.15. The number of ether oxygens (including phenoxy) is 1. The second-order valence-electron chi connectivity index (χ2n) is 5.88. The summed E-state index contributed by atoms with van der Waals surface area (Å²) in [5.41, 5.74) is 2.39. The minimum absolute atomic E-state index is 0.242. The second kappa shape index (κ2) is 9.53. The maximum atomic E-state index is 9.73. The van der Waals surface area contributed by atoms with Crippen LogP contribution in [0.2, 0.25) is 0 Å². The molecule has 0 unspecified atom stereocenters. The van der Waals surface area contributed by atoms with Crippen molar-refractivity contribution in [3.63, 3.8) is 0 Å². The Hall–Kier alpha value is -1.59. The van der Waals surface area contributed by atoms with Crippen molar-refractivity contribution in [2.75, 3.05) is 26.2 Å². The van der Waals surface area contributed by atoms with Gasteiger partial charge in [0.05, 0.1) is 19.3 Å². The van der Waals surface area contributed by atoms with Crippen LogP contribution in [0.25, 0.3) is 0 Å². The molecule has 0 radical (unpaired) electrons. The van der Waals surface area contributed by atoms with E-state index in [4.69, 9.17) is 9.73 Å². The van der Waals surface area contributed by atoms with Crippen molar-refractivity contribution in [1.29, 1.82) is 0 Å². The fourth-order valence-electron chi connectivity index (χ4n) is 2.70. The zero-order valence-electron chi connectivity index (χ0n) is 14.3. The molecule has 2 rings (SSSR count). The van der Waals surface area contributed by atoms with Gasteiger partial charge in [-0.2, -0.15) is 0 Å². The van der Waals surface area contributed by atoms with Gasteiger partial charge in [0.25, 0.3) is 0 Å². The van der Waals surface area contributed by atoms with E-state index in [2.05, 4.69) is 36.2 Å². The topological polar surface area (TPSA) is 57.1 Å². The SMILES string of the molecule is CCCOCc1ccccc1CN=C(NCC)N1CC[C@@H](O)C1. The van der Waals surface area contributed by atoms with Gasteiger partial charge in [-0.1, -0.05) is 31.2 Å². The lowest BCUT2D eigenvalue weighted by Crippen LogP contribution is -2.40. The van der Waals surface area contributed by atoms with E-state index in [1.807, 2.05) is 12.1 Å². The summed E-state index contributed by atoms with van der Waals surface area (Å²) in [4.78, 5) is 6.88. The first-order chi connectivity index (χ1) is 11.2. The number of nitrogens with one attached hydrogen (secondary N) is 1. The number of aliphatic imine (C=N–C) groups is 1. The molecule has 0 aromatic heterocycles. The van der Waals surface area contributed by atoms with Gasteiger partial charge in [-0.3, -0.25) is 0 Å². The summed E-state index contributed by atoms with van der Waals surface area (Å²) in [6.07, 6.45) is 1.60. The molecule has 23 heavy (non-hydrogen) atoms. The first kappa shape index (κ1) is 17.8. The number of aliphatic hydroxyl groups is 1. The van der Waals surface area contributed by atoms with Gasteiger partial charge in [0.2, 0.25) is 0 Å². The Morgan fingerprint density at radius 2 is 2.13 bits per heavy atom. The summed E-state index contributed by atoms with van der Waals surface area (Å²) in [7, 11) is 0. The summed E-state index contributed by atoms with van der Waals surface area (Å²) in [6, 6.07) is 8.30. The molecule has 1 heterocycles. The molecule has 1 aliphatic heterocycles. The van der Waals surface area contributed by atoms with Crippen molar-refractivity contribution in [2.45, 2.75) is 45.9 Å². The molecule has 128 valence electrons. The van der Waals surface area contributed by atoms with Crippen molar-refractivity contribution < 1.29 is 9.84 Å². The molecule has 0 amide bonds. The molecule has 0 aliphatic carbocycles. The molecular weight excluding hydrogens is 290 g/mol. The Labute approximate surface area is 139 Å². The van der Waals surface area contributed by atoms with E-state index < -0.39 is 0 Å². The predicted molar refractivity (Wildman–Crippen MR) is 93.4 cm³/mol. The van der Waals surface area contributed by atoms with Crippen LogP contribution in [0.15, 0.2) is 29.3 Å². The number of hydrogen-bond donors (Lipinski definition) is 2. The number of hydrogen-bond acceptors (Lipinski definition) is 3. The van der Waals surface area contributed by atoms with Crippen LogP contribution in [-0.2, 0) is 17.9 Å². The standard InChI is InChI=1S/C18H29N3O2/c1-3-11-23-14-16-8-6-5-7-15(16)12-20-18(19-4-2)21-10-9-17(22)13-21/h5-8,17,22H,3-4,9-14H2,1-2H3,(H,19,20)/t17-/m1/s1. The quantitative estimate of drug-likeness (QED) is 0.459. The zero-order chi connectivity index (χ0) is 16.5. The highest BCUT2D eigenvalue weighted by atomic mass is 16.5. The Morgan fingerprint density at radius 3 is 2.78 bits per heavy atom. The highest BCUT2D eigenvalue weighted by Crippen LogP contribution is 2.13. The highest BCUT2D eigenvalue weighted by molar-refractivity contribution is 5.80. The summed E-state index contributed by atoms with van der Waals surface area (Å²) in [5, 5.41) is 13.0. The molecule has 2 N–H and O–H groups in total. The molecular formula is C18H29N3O2. The molecule has 1 saturated heterocycles. The van der Waals surface area contributed by atoms with Crippen molar-refractivity contribution in [2.24, 2.45) is 4.99 Å². The fourth-order valence-corrected chi connectivity index (χ4v) is 2.70. The summed E-state index contributed by atoms with van der Waals surface area (Å²) in [6.45, 7) is 8.57. The minimum Gasteiger partial charge on any atom is -0.391 e. The average Bonchev–Trinajstić information content (AvgIpc) is 2.99. The lowest BCUT2D eigenvalue weighted by Gasteiger charge is -2.21. The summed E-state index contributed by atoms with van der Waals surface area (Å²) in [5.74, 6) is 0.883. The lowest BCUT2D eigenvalue weighted by molar-refractivity contribution is 0.121. The molecule has 1 aromatic carbocycles. The minimum atomic E-state index is -0.242. The van der Waals surface area contributed by atoms with Crippen molar-refractivity contribution >= 4 is 5.96 Å². The Morgan fingerprint density at radius 1 is 1.35 bits per heavy atom. The molecule has 0 spiro atoms. The van der Waals surface area contributed by atoms with Crippen LogP contribution in [0.3, 0.4) is 0 Å². The largest absolute Gasteiger partial charge is 0.391 e. The van der Waals surface area contributed by atoms with Crippen LogP contribution in [0.5, 0.6) is 0 Å². The second-order valence-corrected chi connectivity index (χ2v) is 5.88. The van der Waals surface area contributed by atoms with Crippen molar-refractivity contribution in [1.82, 2.24) is 10.2 Å². The molecule has 0 saturated carbocycles. The number of rotatable bonds is 7. The first-order valence-electron chi connectivity index (χ1n) is 8.60. The third-order valence-corrected chi connectivity index (χ3v) is 3.92. The summed E-state index contributed by atoms with van der Waals surface area (Å²) >= 11 is 0. The number of aliphatic hydroxyl groups excluding tert-OH is 1.